The highest BCUT2D eigenvalue weighted by Crippen LogP contribution is 2.16. The molecule has 1 atom stereocenters. The third-order valence-electron chi connectivity index (χ3n) is 2.50. The number of aromatic nitrogens is 2. The number of carbonyl (C=O) groups excluding carboxylic acids is 2. The van der Waals surface area contributed by atoms with Crippen molar-refractivity contribution in [2.75, 3.05) is 0 Å². The van der Waals surface area contributed by atoms with Crippen LogP contribution in [0.3, 0.4) is 0 Å². The van der Waals surface area contributed by atoms with Crippen LogP contribution in [0.2, 0.25) is 5.02 Å². The summed E-state index contributed by atoms with van der Waals surface area (Å²) < 4.78 is 0. The van der Waals surface area contributed by atoms with Gasteiger partial charge < -0.3 is 16.2 Å². The number of aliphatic carboxylic acids is 1. The molecule has 8 nitrogen and oxygen atoms in total. The van der Waals surface area contributed by atoms with Crippen LogP contribution in [0, 0.1) is 0 Å². The van der Waals surface area contributed by atoms with Gasteiger partial charge in [0.05, 0.1) is 17.6 Å². The average molecular weight is 315 g/mol. The SMILES string of the molecule is CC(C)c1ncc(Cl)c(C(=O)N[C@@H](CC(N)=O)C(=O)O)n1. The Morgan fingerprint density at radius 1 is 1.43 bits per heavy atom. The van der Waals surface area contributed by atoms with Crippen molar-refractivity contribution >= 4 is 29.4 Å². The summed E-state index contributed by atoms with van der Waals surface area (Å²) in [6, 6.07) is -1.44. The first-order chi connectivity index (χ1) is 9.72. The molecule has 1 heterocycles. The topological polar surface area (TPSA) is 135 Å². The molecular weight excluding hydrogens is 300 g/mol. The van der Waals surface area contributed by atoms with Crippen LogP contribution >= 0.6 is 11.6 Å². The molecule has 0 aromatic carbocycles. The molecule has 0 spiro atoms. The minimum Gasteiger partial charge on any atom is -0.480 e. The Bertz CT molecular complexity index is 576. The van der Waals surface area contributed by atoms with Gasteiger partial charge in [0.15, 0.2) is 0 Å². The Balaban J connectivity index is 2.99. The second kappa shape index (κ2) is 6.98. The molecule has 0 fully saturated rings. The number of halogens is 1. The quantitative estimate of drug-likeness (QED) is 0.691. The lowest BCUT2D eigenvalue weighted by Gasteiger charge is -2.13. The molecule has 114 valence electrons. The van der Waals surface area contributed by atoms with Gasteiger partial charge in [-0.2, -0.15) is 0 Å². The van der Waals surface area contributed by atoms with Crippen molar-refractivity contribution in [3.8, 4) is 0 Å². The molecule has 0 bridgehead atoms. The van der Waals surface area contributed by atoms with Crippen molar-refractivity contribution in [1.29, 1.82) is 0 Å². The Morgan fingerprint density at radius 3 is 2.52 bits per heavy atom. The van der Waals surface area contributed by atoms with E-state index >= 15 is 0 Å². The maximum absolute atomic E-state index is 12.0. The number of nitrogens with zero attached hydrogens (tertiary/aromatic N) is 2. The van der Waals surface area contributed by atoms with Crippen molar-refractivity contribution in [2.45, 2.75) is 32.2 Å². The van der Waals surface area contributed by atoms with Gasteiger partial charge in [0.25, 0.3) is 5.91 Å². The highest BCUT2D eigenvalue weighted by Gasteiger charge is 2.25. The lowest BCUT2D eigenvalue weighted by atomic mass is 10.2. The molecule has 0 saturated carbocycles. The fourth-order valence-electron chi connectivity index (χ4n) is 1.45. The molecule has 1 aromatic heterocycles. The van der Waals surface area contributed by atoms with Crippen LogP contribution in [0.15, 0.2) is 6.20 Å². The lowest BCUT2D eigenvalue weighted by Crippen LogP contribution is -2.43. The zero-order chi connectivity index (χ0) is 16.2. The van der Waals surface area contributed by atoms with E-state index in [0.717, 1.165) is 0 Å². The van der Waals surface area contributed by atoms with Gasteiger partial charge in [0, 0.05) is 5.92 Å². The number of nitrogens with one attached hydrogen (secondary N) is 1. The van der Waals surface area contributed by atoms with Crippen LogP contribution in [0.1, 0.15) is 42.5 Å². The molecule has 0 unspecified atom stereocenters. The number of carboxylic acids is 1. The minimum absolute atomic E-state index is 0.0138. The predicted molar refractivity (Wildman–Crippen MR) is 73.8 cm³/mol. The highest BCUT2D eigenvalue weighted by molar-refractivity contribution is 6.33. The first-order valence-corrected chi connectivity index (χ1v) is 6.44. The number of amides is 2. The van der Waals surface area contributed by atoms with Gasteiger partial charge in [0.1, 0.15) is 17.6 Å². The predicted octanol–water partition coefficient (Wildman–Crippen LogP) is 0.312. The van der Waals surface area contributed by atoms with E-state index in [1.165, 1.54) is 6.20 Å². The normalized spacial score (nSPS) is 12.0. The summed E-state index contributed by atoms with van der Waals surface area (Å²) >= 11 is 5.84. The van der Waals surface area contributed by atoms with E-state index in [1.54, 1.807) is 0 Å². The van der Waals surface area contributed by atoms with Gasteiger partial charge in [-0.15, -0.1) is 0 Å². The zero-order valence-corrected chi connectivity index (χ0v) is 12.2. The Kier molecular flexibility index (Phi) is 5.60. The van der Waals surface area contributed by atoms with E-state index in [2.05, 4.69) is 15.3 Å². The van der Waals surface area contributed by atoms with E-state index < -0.39 is 30.2 Å². The molecule has 1 rings (SSSR count). The average Bonchev–Trinajstić information content (AvgIpc) is 2.37. The van der Waals surface area contributed by atoms with E-state index in [9.17, 15) is 14.4 Å². The van der Waals surface area contributed by atoms with E-state index in [1.807, 2.05) is 13.8 Å². The molecule has 21 heavy (non-hydrogen) atoms. The fourth-order valence-corrected chi connectivity index (χ4v) is 1.62. The van der Waals surface area contributed by atoms with Crippen LogP contribution in [0.4, 0.5) is 0 Å². The lowest BCUT2D eigenvalue weighted by molar-refractivity contribution is -0.140. The molecule has 2 amide bonds. The molecule has 1 aromatic rings. The Hall–Kier alpha value is -2.22. The summed E-state index contributed by atoms with van der Waals surface area (Å²) in [5, 5.41) is 11.1. The van der Waals surface area contributed by atoms with Crippen LogP contribution < -0.4 is 11.1 Å². The van der Waals surface area contributed by atoms with Gasteiger partial charge in [-0.3, -0.25) is 9.59 Å². The third-order valence-corrected chi connectivity index (χ3v) is 2.78. The number of rotatable bonds is 6. The van der Waals surface area contributed by atoms with Crippen molar-refractivity contribution in [3.63, 3.8) is 0 Å². The summed E-state index contributed by atoms with van der Waals surface area (Å²) in [7, 11) is 0. The van der Waals surface area contributed by atoms with Gasteiger partial charge >= 0.3 is 5.97 Å². The fraction of sp³-hybridized carbons (Fsp3) is 0.417. The van der Waals surface area contributed by atoms with Gasteiger partial charge in [-0.25, -0.2) is 14.8 Å². The smallest absolute Gasteiger partial charge is 0.326 e. The number of nitrogens with two attached hydrogens (primary N) is 1. The molecule has 9 heteroatoms. The number of carboxylic acid groups (broad SMARTS) is 1. The summed E-state index contributed by atoms with van der Waals surface area (Å²) in [5.74, 6) is -2.67. The highest BCUT2D eigenvalue weighted by atomic mass is 35.5. The zero-order valence-electron chi connectivity index (χ0n) is 11.5. The molecule has 4 N–H and O–H groups in total. The maximum Gasteiger partial charge on any atom is 0.326 e. The number of carbonyl (C=O) groups is 3. The van der Waals surface area contributed by atoms with Crippen LogP contribution in [-0.2, 0) is 9.59 Å². The van der Waals surface area contributed by atoms with Gasteiger partial charge in [0.2, 0.25) is 5.91 Å². The van der Waals surface area contributed by atoms with E-state index in [-0.39, 0.29) is 16.6 Å². The number of primary amides is 1. The Labute approximate surface area is 125 Å². The van der Waals surface area contributed by atoms with Crippen LogP contribution in [0.25, 0.3) is 0 Å². The van der Waals surface area contributed by atoms with Crippen molar-refractivity contribution in [3.05, 3.63) is 22.7 Å². The molecule has 0 radical (unpaired) electrons. The third kappa shape index (κ3) is 4.67. The summed E-state index contributed by atoms with van der Waals surface area (Å²) in [6.45, 7) is 3.66. The number of hydrogen-bond donors (Lipinski definition) is 3. The number of hydrogen-bond acceptors (Lipinski definition) is 5. The van der Waals surface area contributed by atoms with Crippen LogP contribution in [0.5, 0.6) is 0 Å². The molecule has 0 aliphatic rings. The second-order valence-corrected chi connectivity index (χ2v) is 5.02. The van der Waals surface area contributed by atoms with Crippen LogP contribution in [-0.4, -0.2) is 38.9 Å². The monoisotopic (exact) mass is 314 g/mol. The Morgan fingerprint density at radius 2 is 2.05 bits per heavy atom. The standard InChI is InChI=1S/C12H15ClN4O4/c1-5(2)10-15-4-6(13)9(17-10)11(19)16-7(12(20)21)3-8(14)18/h4-5,7H,3H2,1-2H3,(H2,14,18)(H,16,19)(H,20,21)/t7-/m0/s1. The van der Waals surface area contributed by atoms with Gasteiger partial charge in [-0.1, -0.05) is 25.4 Å². The van der Waals surface area contributed by atoms with Crippen molar-refractivity contribution in [2.24, 2.45) is 5.73 Å². The molecule has 0 saturated heterocycles. The van der Waals surface area contributed by atoms with Gasteiger partial charge in [-0.05, 0) is 0 Å². The molecular formula is C12H15ClN4O4. The minimum atomic E-state index is -1.44. The first kappa shape index (κ1) is 16.8. The van der Waals surface area contributed by atoms with E-state index in [0.29, 0.717) is 5.82 Å². The van der Waals surface area contributed by atoms with E-state index in [4.69, 9.17) is 22.4 Å². The first-order valence-electron chi connectivity index (χ1n) is 6.06. The summed E-state index contributed by atoms with van der Waals surface area (Å²) in [6.07, 6.45) is 0.740. The molecule has 0 aliphatic heterocycles. The summed E-state index contributed by atoms with van der Waals surface area (Å²) in [5.41, 5.74) is 4.79. The largest absolute Gasteiger partial charge is 0.480 e. The second-order valence-electron chi connectivity index (χ2n) is 4.61. The maximum atomic E-state index is 12.0. The van der Waals surface area contributed by atoms with Crippen molar-refractivity contribution in [1.82, 2.24) is 15.3 Å². The summed E-state index contributed by atoms with van der Waals surface area (Å²) in [4.78, 5) is 41.8. The van der Waals surface area contributed by atoms with Crippen molar-refractivity contribution < 1.29 is 19.5 Å². The molecule has 0 aliphatic carbocycles.